The van der Waals surface area contributed by atoms with Crippen molar-refractivity contribution in [1.29, 1.82) is 0 Å². The third-order valence-electron chi connectivity index (χ3n) is 4.55. The number of hydrogen-bond acceptors (Lipinski definition) is 4. The number of carbonyl (C=O) groups excluding carboxylic acids is 1. The lowest BCUT2D eigenvalue weighted by atomic mass is 10.0. The highest BCUT2D eigenvalue weighted by Crippen LogP contribution is 2.29. The molecule has 1 amide bonds. The zero-order valence-corrected chi connectivity index (χ0v) is 17.0. The molecule has 27 heavy (non-hydrogen) atoms. The summed E-state index contributed by atoms with van der Waals surface area (Å²) >= 11 is 0. The van der Waals surface area contributed by atoms with Crippen LogP contribution in [0.1, 0.15) is 62.3 Å². The van der Waals surface area contributed by atoms with E-state index in [1.807, 2.05) is 19.1 Å². The largest absolute Gasteiger partial charge is 0.354 e. The van der Waals surface area contributed by atoms with Gasteiger partial charge in [0.15, 0.2) is 9.84 Å². The molecule has 0 spiro atoms. The van der Waals surface area contributed by atoms with Gasteiger partial charge in [0.05, 0.1) is 4.90 Å². The molecule has 1 atom stereocenters. The lowest BCUT2D eigenvalue weighted by Gasteiger charge is -2.19. The summed E-state index contributed by atoms with van der Waals surface area (Å²) in [6, 6.07) is 10.4. The van der Waals surface area contributed by atoms with Crippen LogP contribution in [0.5, 0.6) is 0 Å². The van der Waals surface area contributed by atoms with Crippen molar-refractivity contribution in [1.82, 2.24) is 10.3 Å². The van der Waals surface area contributed by atoms with Gasteiger partial charge >= 0.3 is 0 Å². The predicted octanol–water partition coefficient (Wildman–Crippen LogP) is 4.03. The van der Waals surface area contributed by atoms with Crippen molar-refractivity contribution in [2.75, 3.05) is 6.54 Å². The Morgan fingerprint density at radius 2 is 1.81 bits per heavy atom. The van der Waals surface area contributed by atoms with Gasteiger partial charge in [-0.1, -0.05) is 45.4 Å². The summed E-state index contributed by atoms with van der Waals surface area (Å²) in [6.45, 7) is 6.17. The fraction of sp³-hybridized carbons (Fsp3) is 0.429. The fourth-order valence-corrected chi connectivity index (χ4v) is 4.46. The van der Waals surface area contributed by atoms with Crippen LogP contribution in [0.2, 0.25) is 0 Å². The molecule has 0 aliphatic heterocycles. The number of unbranched alkanes of at least 4 members (excludes halogenated alkanes) is 1. The summed E-state index contributed by atoms with van der Waals surface area (Å²) < 4.78 is 26.5. The first-order chi connectivity index (χ1) is 12.9. The fourth-order valence-electron chi connectivity index (χ4n) is 2.81. The van der Waals surface area contributed by atoms with Gasteiger partial charge in [0.1, 0.15) is 5.25 Å². The van der Waals surface area contributed by atoms with Gasteiger partial charge in [-0.3, -0.25) is 9.78 Å². The van der Waals surface area contributed by atoms with Crippen LogP contribution in [0.3, 0.4) is 0 Å². The van der Waals surface area contributed by atoms with Crippen molar-refractivity contribution < 1.29 is 13.2 Å². The van der Waals surface area contributed by atoms with E-state index in [4.69, 9.17) is 0 Å². The van der Waals surface area contributed by atoms with Gasteiger partial charge in [-0.15, -0.1) is 0 Å². The number of aromatic nitrogens is 1. The van der Waals surface area contributed by atoms with Crippen LogP contribution in [0, 0.1) is 0 Å². The van der Waals surface area contributed by atoms with E-state index in [-0.39, 0.29) is 17.3 Å². The standard InChI is InChI=1S/C21H28N2O3S/c1-4-5-8-21(24)23-15-20(18-7-6-13-22-14-18)27(25,26)19-11-9-17(10-12-19)16(2)3/h6-7,9-14,16,20H,4-5,8,15H2,1-3H3,(H,23,24)/t20-/m0/s1. The van der Waals surface area contributed by atoms with Gasteiger partial charge in [0, 0.05) is 25.4 Å². The number of nitrogens with one attached hydrogen (secondary N) is 1. The quantitative estimate of drug-likeness (QED) is 0.704. The van der Waals surface area contributed by atoms with Crippen molar-refractivity contribution in [3.8, 4) is 0 Å². The van der Waals surface area contributed by atoms with Crippen molar-refractivity contribution in [2.45, 2.75) is 56.1 Å². The molecule has 0 aliphatic carbocycles. The van der Waals surface area contributed by atoms with E-state index in [0.717, 1.165) is 18.4 Å². The Balaban J connectivity index is 2.29. The van der Waals surface area contributed by atoms with E-state index < -0.39 is 15.1 Å². The first kappa shape index (κ1) is 21.1. The molecule has 0 radical (unpaired) electrons. The van der Waals surface area contributed by atoms with E-state index in [1.165, 1.54) is 0 Å². The average Bonchev–Trinajstić information content (AvgIpc) is 2.67. The zero-order valence-electron chi connectivity index (χ0n) is 16.2. The van der Waals surface area contributed by atoms with E-state index in [9.17, 15) is 13.2 Å². The molecule has 2 rings (SSSR count). The van der Waals surface area contributed by atoms with Crippen molar-refractivity contribution in [3.63, 3.8) is 0 Å². The maximum atomic E-state index is 13.3. The summed E-state index contributed by atoms with van der Waals surface area (Å²) in [7, 11) is -3.67. The van der Waals surface area contributed by atoms with Crippen LogP contribution in [0.15, 0.2) is 53.7 Å². The maximum absolute atomic E-state index is 13.3. The molecule has 146 valence electrons. The zero-order chi connectivity index (χ0) is 19.9. The van der Waals surface area contributed by atoms with Crippen molar-refractivity contribution in [2.24, 2.45) is 0 Å². The number of hydrogen-bond donors (Lipinski definition) is 1. The smallest absolute Gasteiger partial charge is 0.220 e. The third kappa shape index (κ3) is 5.63. The Labute approximate surface area is 162 Å². The molecule has 0 saturated heterocycles. The number of benzene rings is 1. The molecule has 1 heterocycles. The summed E-state index contributed by atoms with van der Waals surface area (Å²) in [6.07, 6.45) is 5.25. The van der Waals surface area contributed by atoms with Crippen LogP contribution in [-0.4, -0.2) is 25.9 Å². The van der Waals surface area contributed by atoms with Gasteiger partial charge in [-0.25, -0.2) is 8.42 Å². The van der Waals surface area contributed by atoms with Crippen molar-refractivity contribution >= 4 is 15.7 Å². The minimum atomic E-state index is -3.67. The Hall–Kier alpha value is -2.21. The second-order valence-electron chi connectivity index (χ2n) is 6.95. The Morgan fingerprint density at radius 1 is 1.11 bits per heavy atom. The van der Waals surface area contributed by atoms with Crippen LogP contribution in [-0.2, 0) is 14.6 Å². The Morgan fingerprint density at radius 3 is 2.37 bits per heavy atom. The van der Waals surface area contributed by atoms with Gasteiger partial charge in [-0.05, 0) is 41.7 Å². The molecule has 0 bridgehead atoms. The number of carbonyl (C=O) groups is 1. The summed E-state index contributed by atoms with van der Waals surface area (Å²) in [5, 5.41) is 1.90. The van der Waals surface area contributed by atoms with Crippen molar-refractivity contribution in [3.05, 3.63) is 59.9 Å². The molecule has 1 aromatic heterocycles. The second kappa shape index (κ2) is 9.65. The molecule has 0 unspecified atom stereocenters. The monoisotopic (exact) mass is 388 g/mol. The lowest BCUT2D eigenvalue weighted by Crippen LogP contribution is -2.31. The molecule has 1 N–H and O–H groups in total. The van der Waals surface area contributed by atoms with E-state index >= 15 is 0 Å². The Bertz CT molecular complexity index is 831. The SMILES string of the molecule is CCCCC(=O)NC[C@@H](c1cccnc1)S(=O)(=O)c1ccc(C(C)C)cc1. The number of nitrogens with zero attached hydrogens (tertiary/aromatic N) is 1. The van der Waals surface area contributed by atoms with Crippen LogP contribution >= 0.6 is 0 Å². The predicted molar refractivity (Wildman–Crippen MR) is 107 cm³/mol. The highest BCUT2D eigenvalue weighted by Gasteiger charge is 2.29. The minimum Gasteiger partial charge on any atom is -0.354 e. The topological polar surface area (TPSA) is 76.1 Å². The number of pyridine rings is 1. The molecular weight excluding hydrogens is 360 g/mol. The molecule has 0 saturated carbocycles. The second-order valence-corrected chi connectivity index (χ2v) is 9.08. The number of amides is 1. The molecule has 6 heteroatoms. The first-order valence-electron chi connectivity index (χ1n) is 9.36. The average molecular weight is 389 g/mol. The van der Waals surface area contributed by atoms with Crippen LogP contribution < -0.4 is 5.32 Å². The molecule has 0 fully saturated rings. The highest BCUT2D eigenvalue weighted by atomic mass is 32.2. The molecule has 1 aromatic carbocycles. The van der Waals surface area contributed by atoms with E-state index in [0.29, 0.717) is 17.9 Å². The van der Waals surface area contributed by atoms with Crippen LogP contribution in [0.4, 0.5) is 0 Å². The molecular formula is C21H28N2O3S. The maximum Gasteiger partial charge on any atom is 0.220 e. The third-order valence-corrected chi connectivity index (χ3v) is 6.67. The summed E-state index contributed by atoms with van der Waals surface area (Å²) in [5.74, 6) is 0.199. The Kier molecular flexibility index (Phi) is 7.54. The first-order valence-corrected chi connectivity index (χ1v) is 10.9. The number of sulfone groups is 1. The van der Waals surface area contributed by atoms with Gasteiger partial charge in [0.2, 0.25) is 5.91 Å². The minimum absolute atomic E-state index is 0.0303. The number of rotatable bonds is 9. The van der Waals surface area contributed by atoms with E-state index in [2.05, 4.69) is 24.1 Å². The van der Waals surface area contributed by atoms with Crippen LogP contribution in [0.25, 0.3) is 0 Å². The van der Waals surface area contributed by atoms with Gasteiger partial charge < -0.3 is 5.32 Å². The molecule has 5 nitrogen and oxygen atoms in total. The molecule has 2 aromatic rings. The highest BCUT2D eigenvalue weighted by molar-refractivity contribution is 7.91. The van der Waals surface area contributed by atoms with Gasteiger partial charge in [0.25, 0.3) is 0 Å². The summed E-state index contributed by atoms with van der Waals surface area (Å²) in [5.41, 5.74) is 1.65. The normalized spacial score (nSPS) is 12.7. The van der Waals surface area contributed by atoms with Gasteiger partial charge in [-0.2, -0.15) is 0 Å². The lowest BCUT2D eigenvalue weighted by molar-refractivity contribution is -0.121. The van der Waals surface area contributed by atoms with E-state index in [1.54, 1.807) is 36.7 Å². The molecule has 0 aliphatic rings. The summed E-state index contributed by atoms with van der Waals surface area (Å²) in [4.78, 5) is 16.3.